The summed E-state index contributed by atoms with van der Waals surface area (Å²) < 4.78 is 11.1. The number of likely N-dealkylation sites (tertiary alicyclic amines) is 1. The summed E-state index contributed by atoms with van der Waals surface area (Å²) in [5, 5.41) is 0. The molecular formula is C28H37N3O4. The zero-order valence-electron chi connectivity index (χ0n) is 21.5. The molecule has 7 nitrogen and oxygen atoms in total. The Hall–Kier alpha value is -3.22. The van der Waals surface area contributed by atoms with Crippen LogP contribution < -0.4 is 14.4 Å². The second kappa shape index (κ2) is 10.6. The number of hydrogen-bond donors (Lipinski definition) is 0. The monoisotopic (exact) mass is 479 g/mol. The van der Waals surface area contributed by atoms with E-state index in [1.165, 1.54) is 11.3 Å². The van der Waals surface area contributed by atoms with Crippen molar-refractivity contribution in [2.75, 3.05) is 58.4 Å². The lowest BCUT2D eigenvalue weighted by atomic mass is 9.87. The minimum absolute atomic E-state index is 0.0801. The number of aryl methyl sites for hydroxylation is 1. The number of ether oxygens (including phenoxy) is 2. The molecule has 35 heavy (non-hydrogen) atoms. The van der Waals surface area contributed by atoms with Crippen LogP contribution in [0.2, 0.25) is 0 Å². The van der Waals surface area contributed by atoms with Crippen molar-refractivity contribution >= 4 is 17.5 Å². The van der Waals surface area contributed by atoms with Gasteiger partial charge in [0, 0.05) is 62.4 Å². The van der Waals surface area contributed by atoms with Crippen molar-refractivity contribution in [2.24, 2.45) is 11.8 Å². The standard InChI is InChI=1S/C28H37N3O4/c1-19(2)27(32)31-17-23(22-16-21(34-4)10-11-26(22)35-5)24(18-31)28(33)30-14-12-29(13-15-30)25-9-7-6-8-20(25)3/h6-11,16,19,23-24H,12-15,17-18H2,1-5H3/t23-,24+/m1/s1. The first kappa shape index (κ1) is 24.9. The van der Waals surface area contributed by atoms with E-state index < -0.39 is 0 Å². The summed E-state index contributed by atoms with van der Waals surface area (Å²) in [6.07, 6.45) is 0. The molecule has 2 saturated heterocycles. The molecule has 2 heterocycles. The van der Waals surface area contributed by atoms with Crippen molar-refractivity contribution < 1.29 is 19.1 Å². The SMILES string of the molecule is COc1ccc(OC)c([C@H]2CN(C(=O)C(C)C)C[C@@H]2C(=O)N2CCN(c3ccccc3C)CC2)c1. The number of methoxy groups -OCH3 is 2. The molecule has 0 aliphatic carbocycles. The quantitative estimate of drug-likeness (QED) is 0.634. The average molecular weight is 480 g/mol. The second-order valence-electron chi connectivity index (χ2n) is 9.82. The van der Waals surface area contributed by atoms with E-state index in [2.05, 4.69) is 36.1 Å². The van der Waals surface area contributed by atoms with Crippen LogP contribution in [0, 0.1) is 18.8 Å². The third kappa shape index (κ3) is 5.09. The number of amides is 2. The van der Waals surface area contributed by atoms with E-state index in [9.17, 15) is 9.59 Å². The Morgan fingerprint density at radius 3 is 2.26 bits per heavy atom. The number of rotatable bonds is 6. The Kier molecular flexibility index (Phi) is 7.53. The summed E-state index contributed by atoms with van der Waals surface area (Å²) in [7, 11) is 3.27. The molecule has 2 fully saturated rings. The maximum Gasteiger partial charge on any atom is 0.228 e. The smallest absolute Gasteiger partial charge is 0.228 e. The van der Waals surface area contributed by atoms with Gasteiger partial charge in [-0.2, -0.15) is 0 Å². The van der Waals surface area contributed by atoms with Crippen molar-refractivity contribution in [1.29, 1.82) is 0 Å². The molecule has 4 rings (SSSR count). The van der Waals surface area contributed by atoms with Gasteiger partial charge >= 0.3 is 0 Å². The van der Waals surface area contributed by atoms with Gasteiger partial charge in [-0.15, -0.1) is 0 Å². The Morgan fingerprint density at radius 2 is 1.63 bits per heavy atom. The van der Waals surface area contributed by atoms with Gasteiger partial charge in [-0.05, 0) is 36.8 Å². The number of benzene rings is 2. The first-order valence-electron chi connectivity index (χ1n) is 12.4. The molecule has 0 spiro atoms. The topological polar surface area (TPSA) is 62.3 Å². The molecular weight excluding hydrogens is 442 g/mol. The summed E-state index contributed by atoms with van der Waals surface area (Å²) in [4.78, 5) is 33.0. The van der Waals surface area contributed by atoms with Crippen molar-refractivity contribution in [3.63, 3.8) is 0 Å². The molecule has 2 aliphatic rings. The van der Waals surface area contributed by atoms with Crippen molar-refractivity contribution in [3.05, 3.63) is 53.6 Å². The van der Waals surface area contributed by atoms with Crippen LogP contribution in [0.15, 0.2) is 42.5 Å². The molecule has 7 heteroatoms. The first-order valence-corrected chi connectivity index (χ1v) is 12.4. The summed E-state index contributed by atoms with van der Waals surface area (Å²) in [5.41, 5.74) is 3.40. The molecule has 0 N–H and O–H groups in total. The van der Waals surface area contributed by atoms with E-state index >= 15 is 0 Å². The number of hydrogen-bond acceptors (Lipinski definition) is 5. The Bertz CT molecular complexity index is 1060. The van der Waals surface area contributed by atoms with Gasteiger partial charge in [-0.3, -0.25) is 9.59 Å². The molecule has 0 saturated carbocycles. The average Bonchev–Trinajstić information content (AvgIpc) is 3.33. The van der Waals surface area contributed by atoms with Crippen molar-refractivity contribution in [2.45, 2.75) is 26.7 Å². The molecule has 0 aromatic heterocycles. The number of carbonyl (C=O) groups excluding carboxylic acids is 2. The minimum atomic E-state index is -0.316. The fourth-order valence-electron chi connectivity index (χ4n) is 5.36. The lowest BCUT2D eigenvalue weighted by molar-refractivity contribution is -0.136. The van der Waals surface area contributed by atoms with Crippen molar-refractivity contribution in [3.8, 4) is 11.5 Å². The largest absolute Gasteiger partial charge is 0.497 e. The highest BCUT2D eigenvalue weighted by Crippen LogP contribution is 2.40. The van der Waals surface area contributed by atoms with E-state index in [4.69, 9.17) is 9.47 Å². The summed E-state index contributed by atoms with van der Waals surface area (Å²) in [5.74, 6) is 1.05. The molecule has 2 aromatic carbocycles. The summed E-state index contributed by atoms with van der Waals surface area (Å²) in [6.45, 7) is 9.80. The Balaban J connectivity index is 1.56. The van der Waals surface area contributed by atoms with E-state index in [1.54, 1.807) is 14.2 Å². The zero-order chi connectivity index (χ0) is 25.1. The summed E-state index contributed by atoms with van der Waals surface area (Å²) in [6, 6.07) is 14.1. The molecule has 2 atom stereocenters. The van der Waals surface area contributed by atoms with E-state index in [1.807, 2.05) is 41.8 Å². The predicted molar refractivity (Wildman–Crippen MR) is 137 cm³/mol. The molecule has 2 amide bonds. The van der Waals surface area contributed by atoms with Crippen LogP contribution in [0.5, 0.6) is 11.5 Å². The number of carbonyl (C=O) groups is 2. The van der Waals surface area contributed by atoms with Gasteiger partial charge in [-0.25, -0.2) is 0 Å². The van der Waals surface area contributed by atoms with Crippen LogP contribution in [-0.2, 0) is 9.59 Å². The maximum atomic E-state index is 13.9. The second-order valence-corrected chi connectivity index (χ2v) is 9.82. The highest BCUT2D eigenvalue weighted by molar-refractivity contribution is 5.84. The van der Waals surface area contributed by atoms with Crippen LogP contribution in [0.1, 0.15) is 30.9 Å². The van der Waals surface area contributed by atoms with E-state index in [0.29, 0.717) is 31.9 Å². The van der Waals surface area contributed by atoms with E-state index in [-0.39, 0.29) is 29.6 Å². The molecule has 0 bridgehead atoms. The van der Waals surface area contributed by atoms with Gasteiger partial charge in [0.15, 0.2) is 0 Å². The van der Waals surface area contributed by atoms with Gasteiger partial charge in [0.2, 0.25) is 11.8 Å². The predicted octanol–water partition coefficient (Wildman–Crippen LogP) is 3.56. The zero-order valence-corrected chi connectivity index (χ0v) is 21.5. The Labute approximate surface area is 208 Å². The third-order valence-corrected chi connectivity index (χ3v) is 7.33. The lowest BCUT2D eigenvalue weighted by Crippen LogP contribution is -2.51. The molecule has 2 aromatic rings. The number of piperazine rings is 1. The van der Waals surface area contributed by atoms with Gasteiger partial charge < -0.3 is 24.2 Å². The fourth-order valence-corrected chi connectivity index (χ4v) is 5.36. The molecule has 188 valence electrons. The van der Waals surface area contributed by atoms with Crippen LogP contribution in [-0.4, -0.2) is 75.1 Å². The van der Waals surface area contributed by atoms with Gasteiger partial charge in [0.1, 0.15) is 11.5 Å². The maximum absolute atomic E-state index is 13.9. The molecule has 2 aliphatic heterocycles. The van der Waals surface area contributed by atoms with Gasteiger partial charge in [0.05, 0.1) is 20.1 Å². The van der Waals surface area contributed by atoms with Crippen molar-refractivity contribution in [1.82, 2.24) is 9.80 Å². The first-order chi connectivity index (χ1) is 16.8. The molecule has 0 unspecified atom stereocenters. The highest BCUT2D eigenvalue weighted by Gasteiger charge is 2.44. The van der Waals surface area contributed by atoms with Crippen LogP contribution >= 0.6 is 0 Å². The number of anilines is 1. The van der Waals surface area contributed by atoms with Crippen LogP contribution in [0.4, 0.5) is 5.69 Å². The minimum Gasteiger partial charge on any atom is -0.497 e. The number of nitrogens with zero attached hydrogens (tertiary/aromatic N) is 3. The van der Waals surface area contributed by atoms with Crippen LogP contribution in [0.25, 0.3) is 0 Å². The molecule has 0 radical (unpaired) electrons. The number of para-hydroxylation sites is 1. The Morgan fingerprint density at radius 1 is 0.914 bits per heavy atom. The van der Waals surface area contributed by atoms with Gasteiger partial charge in [0.25, 0.3) is 0 Å². The van der Waals surface area contributed by atoms with Gasteiger partial charge in [-0.1, -0.05) is 32.0 Å². The van der Waals surface area contributed by atoms with E-state index in [0.717, 1.165) is 24.4 Å². The lowest BCUT2D eigenvalue weighted by Gasteiger charge is -2.38. The fraction of sp³-hybridized carbons (Fsp3) is 0.500. The highest BCUT2D eigenvalue weighted by atomic mass is 16.5. The summed E-state index contributed by atoms with van der Waals surface area (Å²) >= 11 is 0. The third-order valence-electron chi connectivity index (χ3n) is 7.33. The van der Waals surface area contributed by atoms with Crippen LogP contribution in [0.3, 0.4) is 0 Å². The normalized spacial score (nSPS) is 20.3.